The molecule has 0 radical (unpaired) electrons. The van der Waals surface area contributed by atoms with Crippen LogP contribution in [-0.2, 0) is 4.74 Å². The maximum atomic E-state index is 5.36. The van der Waals surface area contributed by atoms with Crippen molar-refractivity contribution in [1.29, 1.82) is 0 Å². The number of ether oxygens (including phenoxy) is 1. The molecule has 2 aromatic rings. The standard InChI is InChI=1S/C14H16N2OS/c1-3-12(16-13-5-8-17-9-6-13)4-2-11(1)14-15-7-10-18-14/h1-4,7,10,13,16H,5-6,8-9H2. The molecule has 94 valence electrons. The number of nitrogens with one attached hydrogen (secondary N) is 1. The van der Waals surface area contributed by atoms with Gasteiger partial charge in [0.2, 0.25) is 0 Å². The van der Waals surface area contributed by atoms with Crippen LogP contribution in [-0.4, -0.2) is 24.2 Å². The Morgan fingerprint density at radius 3 is 2.61 bits per heavy atom. The minimum atomic E-state index is 0.546. The van der Waals surface area contributed by atoms with Crippen LogP contribution in [0, 0.1) is 0 Å². The number of aromatic nitrogens is 1. The molecule has 0 amide bonds. The van der Waals surface area contributed by atoms with Gasteiger partial charge in [-0.3, -0.25) is 0 Å². The molecule has 2 heterocycles. The number of anilines is 1. The fourth-order valence-electron chi connectivity index (χ4n) is 2.15. The summed E-state index contributed by atoms with van der Waals surface area (Å²) in [6, 6.07) is 9.06. The minimum Gasteiger partial charge on any atom is -0.382 e. The third kappa shape index (κ3) is 2.71. The molecule has 1 fully saturated rings. The van der Waals surface area contributed by atoms with E-state index in [1.807, 2.05) is 11.6 Å². The Morgan fingerprint density at radius 1 is 1.17 bits per heavy atom. The second-order valence-corrected chi connectivity index (χ2v) is 5.34. The highest BCUT2D eigenvalue weighted by Crippen LogP contribution is 2.24. The molecule has 0 saturated carbocycles. The summed E-state index contributed by atoms with van der Waals surface area (Å²) in [5.74, 6) is 0. The predicted octanol–water partition coefficient (Wildman–Crippen LogP) is 3.40. The Hall–Kier alpha value is -1.39. The number of hydrogen-bond donors (Lipinski definition) is 1. The summed E-state index contributed by atoms with van der Waals surface area (Å²) >= 11 is 1.67. The maximum Gasteiger partial charge on any atom is 0.123 e. The van der Waals surface area contributed by atoms with Crippen LogP contribution in [0.5, 0.6) is 0 Å². The summed E-state index contributed by atoms with van der Waals surface area (Å²) in [6.45, 7) is 1.74. The summed E-state index contributed by atoms with van der Waals surface area (Å²) in [7, 11) is 0. The summed E-state index contributed by atoms with van der Waals surface area (Å²) in [5, 5.41) is 6.64. The molecule has 1 aliphatic rings. The molecule has 3 rings (SSSR count). The molecule has 0 bridgehead atoms. The second kappa shape index (κ2) is 5.50. The fraction of sp³-hybridized carbons (Fsp3) is 0.357. The molecule has 1 N–H and O–H groups in total. The van der Waals surface area contributed by atoms with Crippen molar-refractivity contribution in [3.8, 4) is 10.6 Å². The van der Waals surface area contributed by atoms with E-state index in [4.69, 9.17) is 4.74 Å². The van der Waals surface area contributed by atoms with E-state index in [2.05, 4.69) is 34.6 Å². The molecule has 0 unspecified atom stereocenters. The van der Waals surface area contributed by atoms with Crippen molar-refractivity contribution in [2.24, 2.45) is 0 Å². The van der Waals surface area contributed by atoms with Crippen LogP contribution in [0.1, 0.15) is 12.8 Å². The zero-order chi connectivity index (χ0) is 12.2. The number of thiazole rings is 1. The first kappa shape index (κ1) is 11.7. The molecular formula is C14H16N2OS. The van der Waals surface area contributed by atoms with E-state index in [-0.39, 0.29) is 0 Å². The van der Waals surface area contributed by atoms with Gasteiger partial charge in [0.25, 0.3) is 0 Å². The lowest BCUT2D eigenvalue weighted by atomic mass is 10.1. The van der Waals surface area contributed by atoms with Gasteiger partial charge in [0.05, 0.1) is 0 Å². The lowest BCUT2D eigenvalue weighted by Gasteiger charge is -2.24. The van der Waals surface area contributed by atoms with Crippen molar-refractivity contribution < 1.29 is 4.74 Å². The molecule has 0 atom stereocenters. The van der Waals surface area contributed by atoms with Crippen LogP contribution in [0.25, 0.3) is 10.6 Å². The van der Waals surface area contributed by atoms with E-state index < -0.39 is 0 Å². The third-order valence-electron chi connectivity index (χ3n) is 3.16. The van der Waals surface area contributed by atoms with E-state index in [0.29, 0.717) is 6.04 Å². The van der Waals surface area contributed by atoms with Gasteiger partial charge in [0.1, 0.15) is 5.01 Å². The topological polar surface area (TPSA) is 34.1 Å². The van der Waals surface area contributed by atoms with Crippen molar-refractivity contribution in [2.75, 3.05) is 18.5 Å². The van der Waals surface area contributed by atoms with E-state index in [0.717, 1.165) is 31.1 Å². The molecule has 3 nitrogen and oxygen atoms in total. The van der Waals surface area contributed by atoms with Crippen LogP contribution in [0.3, 0.4) is 0 Å². The highest BCUT2D eigenvalue weighted by atomic mass is 32.1. The predicted molar refractivity (Wildman–Crippen MR) is 75.0 cm³/mol. The largest absolute Gasteiger partial charge is 0.382 e. The number of nitrogens with zero attached hydrogens (tertiary/aromatic N) is 1. The maximum absolute atomic E-state index is 5.36. The quantitative estimate of drug-likeness (QED) is 0.918. The summed E-state index contributed by atoms with van der Waals surface area (Å²) < 4.78 is 5.36. The minimum absolute atomic E-state index is 0.546. The monoisotopic (exact) mass is 260 g/mol. The summed E-state index contributed by atoms with van der Waals surface area (Å²) in [6.07, 6.45) is 4.02. The van der Waals surface area contributed by atoms with E-state index in [9.17, 15) is 0 Å². The molecule has 1 aromatic carbocycles. The van der Waals surface area contributed by atoms with Crippen LogP contribution in [0.4, 0.5) is 5.69 Å². The van der Waals surface area contributed by atoms with Gasteiger partial charge in [-0.05, 0) is 37.1 Å². The van der Waals surface area contributed by atoms with Gasteiger partial charge in [0.15, 0.2) is 0 Å². The third-order valence-corrected chi connectivity index (χ3v) is 3.98. The first-order valence-corrected chi connectivity index (χ1v) is 7.14. The van der Waals surface area contributed by atoms with Gasteiger partial charge in [-0.25, -0.2) is 4.98 Å². The highest BCUT2D eigenvalue weighted by Gasteiger charge is 2.13. The Morgan fingerprint density at radius 2 is 1.94 bits per heavy atom. The fourth-order valence-corrected chi connectivity index (χ4v) is 2.80. The zero-order valence-electron chi connectivity index (χ0n) is 10.1. The van der Waals surface area contributed by atoms with Gasteiger partial charge < -0.3 is 10.1 Å². The Balaban J connectivity index is 1.67. The zero-order valence-corrected chi connectivity index (χ0v) is 11.0. The molecule has 1 aromatic heterocycles. The molecule has 1 aliphatic heterocycles. The Bertz CT molecular complexity index is 475. The molecule has 0 aliphatic carbocycles. The molecular weight excluding hydrogens is 244 g/mol. The lowest BCUT2D eigenvalue weighted by molar-refractivity contribution is 0.0904. The summed E-state index contributed by atoms with van der Waals surface area (Å²) in [5.41, 5.74) is 2.37. The van der Waals surface area contributed by atoms with Gasteiger partial charge in [-0.1, -0.05) is 0 Å². The second-order valence-electron chi connectivity index (χ2n) is 4.45. The Labute approximate surface area is 111 Å². The number of hydrogen-bond acceptors (Lipinski definition) is 4. The molecule has 0 spiro atoms. The number of benzene rings is 1. The molecule has 4 heteroatoms. The first-order valence-electron chi connectivity index (χ1n) is 6.26. The van der Waals surface area contributed by atoms with Crippen molar-refractivity contribution in [1.82, 2.24) is 4.98 Å². The van der Waals surface area contributed by atoms with Crippen LogP contribution in [0.15, 0.2) is 35.8 Å². The Kier molecular flexibility index (Phi) is 3.57. The molecule has 1 saturated heterocycles. The van der Waals surface area contributed by atoms with Crippen LogP contribution < -0.4 is 5.32 Å². The highest BCUT2D eigenvalue weighted by molar-refractivity contribution is 7.13. The van der Waals surface area contributed by atoms with Crippen LogP contribution in [0.2, 0.25) is 0 Å². The SMILES string of the molecule is c1csc(-c2ccc(NC3CCOCC3)cc2)n1. The van der Waals surface area contributed by atoms with Gasteiger partial charge in [0, 0.05) is 42.1 Å². The van der Waals surface area contributed by atoms with Crippen molar-refractivity contribution in [3.63, 3.8) is 0 Å². The van der Waals surface area contributed by atoms with Crippen molar-refractivity contribution in [3.05, 3.63) is 35.8 Å². The van der Waals surface area contributed by atoms with E-state index in [1.165, 1.54) is 11.3 Å². The van der Waals surface area contributed by atoms with Gasteiger partial charge >= 0.3 is 0 Å². The number of rotatable bonds is 3. The average Bonchev–Trinajstić information content (AvgIpc) is 2.95. The summed E-state index contributed by atoms with van der Waals surface area (Å²) in [4.78, 5) is 4.31. The van der Waals surface area contributed by atoms with Crippen molar-refractivity contribution in [2.45, 2.75) is 18.9 Å². The van der Waals surface area contributed by atoms with Gasteiger partial charge in [-0.15, -0.1) is 11.3 Å². The normalized spacial score (nSPS) is 16.7. The van der Waals surface area contributed by atoms with Crippen molar-refractivity contribution >= 4 is 17.0 Å². The molecule has 18 heavy (non-hydrogen) atoms. The first-order chi connectivity index (χ1) is 8.92. The smallest absolute Gasteiger partial charge is 0.123 e. The lowest BCUT2D eigenvalue weighted by Crippen LogP contribution is -2.27. The van der Waals surface area contributed by atoms with E-state index >= 15 is 0 Å². The average molecular weight is 260 g/mol. The van der Waals surface area contributed by atoms with Crippen LogP contribution >= 0.6 is 11.3 Å². The van der Waals surface area contributed by atoms with E-state index in [1.54, 1.807) is 11.3 Å². The van der Waals surface area contributed by atoms with Gasteiger partial charge in [-0.2, -0.15) is 0 Å².